The summed E-state index contributed by atoms with van der Waals surface area (Å²) in [7, 11) is 1.51. The number of hydrogen-bond acceptors (Lipinski definition) is 5. The molecule has 2 rings (SSSR count). The van der Waals surface area contributed by atoms with Crippen LogP contribution in [0.4, 0.5) is 0 Å². The van der Waals surface area contributed by atoms with Gasteiger partial charge in [0.05, 0.1) is 13.3 Å². The molecule has 0 aromatic carbocycles. The molecule has 1 aromatic heterocycles. The molecule has 1 saturated heterocycles. The number of ether oxygens (including phenoxy) is 2. The van der Waals surface area contributed by atoms with Gasteiger partial charge < -0.3 is 14.8 Å². The van der Waals surface area contributed by atoms with Crippen LogP contribution in [0.1, 0.15) is 19.3 Å². The summed E-state index contributed by atoms with van der Waals surface area (Å²) >= 11 is 5.94. The van der Waals surface area contributed by atoms with E-state index in [1.165, 1.54) is 26.1 Å². The summed E-state index contributed by atoms with van der Waals surface area (Å²) < 4.78 is 10.5. The van der Waals surface area contributed by atoms with Crippen LogP contribution in [0.25, 0.3) is 0 Å². The summed E-state index contributed by atoms with van der Waals surface area (Å²) in [4.78, 5) is 7.95. The van der Waals surface area contributed by atoms with E-state index in [-0.39, 0.29) is 6.01 Å². The highest BCUT2D eigenvalue weighted by molar-refractivity contribution is 6.31. The van der Waals surface area contributed by atoms with Gasteiger partial charge in [0.25, 0.3) is 0 Å². The lowest BCUT2D eigenvalue weighted by Crippen LogP contribution is -2.38. The van der Waals surface area contributed by atoms with E-state index in [0.717, 1.165) is 13.0 Å². The third kappa shape index (κ3) is 3.44. The SMILES string of the molecule is COc1ncc(Cl)c(OCC2CCCCN2)n1. The van der Waals surface area contributed by atoms with E-state index in [1.54, 1.807) is 0 Å². The molecule has 1 aromatic rings. The fourth-order valence-corrected chi connectivity index (χ4v) is 1.93. The lowest BCUT2D eigenvalue weighted by molar-refractivity contribution is 0.229. The van der Waals surface area contributed by atoms with E-state index in [2.05, 4.69) is 15.3 Å². The fraction of sp³-hybridized carbons (Fsp3) is 0.636. The molecule has 1 unspecified atom stereocenters. The van der Waals surface area contributed by atoms with E-state index in [1.807, 2.05) is 0 Å². The largest absolute Gasteiger partial charge is 0.475 e. The molecule has 0 bridgehead atoms. The fourth-order valence-electron chi connectivity index (χ4n) is 1.78. The number of hydrogen-bond donors (Lipinski definition) is 1. The molecular formula is C11H16ClN3O2. The summed E-state index contributed by atoms with van der Waals surface area (Å²) in [6.07, 6.45) is 5.08. The molecule has 1 aliphatic rings. The Morgan fingerprint density at radius 2 is 2.41 bits per heavy atom. The van der Waals surface area contributed by atoms with Crippen LogP contribution in [-0.4, -0.2) is 36.3 Å². The van der Waals surface area contributed by atoms with Gasteiger partial charge in [0.2, 0.25) is 5.88 Å². The van der Waals surface area contributed by atoms with Gasteiger partial charge in [-0.05, 0) is 19.4 Å². The average Bonchev–Trinajstić information content (AvgIpc) is 2.39. The number of nitrogens with zero attached hydrogens (tertiary/aromatic N) is 2. The maximum atomic E-state index is 5.94. The minimum Gasteiger partial charge on any atom is -0.475 e. The summed E-state index contributed by atoms with van der Waals surface area (Å²) in [6, 6.07) is 0.641. The maximum absolute atomic E-state index is 5.94. The standard InChI is InChI=1S/C11H16ClN3O2/c1-16-11-14-6-9(12)10(15-11)17-7-8-4-2-3-5-13-8/h6,8,13H,2-5,7H2,1H3. The Hall–Kier alpha value is -1.07. The second-order valence-electron chi connectivity index (χ2n) is 3.97. The minimum absolute atomic E-state index is 0.265. The Morgan fingerprint density at radius 1 is 1.53 bits per heavy atom. The zero-order valence-electron chi connectivity index (χ0n) is 9.78. The van der Waals surface area contributed by atoms with Gasteiger partial charge in [-0.1, -0.05) is 18.0 Å². The molecule has 0 saturated carbocycles. The summed E-state index contributed by atoms with van der Waals surface area (Å²) in [5.41, 5.74) is 0. The number of rotatable bonds is 4. The Morgan fingerprint density at radius 3 is 3.12 bits per heavy atom. The van der Waals surface area contributed by atoms with Gasteiger partial charge in [-0.2, -0.15) is 4.98 Å². The van der Waals surface area contributed by atoms with Crippen LogP contribution in [-0.2, 0) is 0 Å². The Balaban J connectivity index is 1.92. The predicted molar refractivity (Wildman–Crippen MR) is 64.7 cm³/mol. The van der Waals surface area contributed by atoms with Gasteiger partial charge in [0, 0.05) is 6.04 Å². The Labute approximate surface area is 105 Å². The number of aromatic nitrogens is 2. The molecule has 2 heterocycles. The zero-order chi connectivity index (χ0) is 12.1. The van der Waals surface area contributed by atoms with Crippen LogP contribution in [0.15, 0.2) is 6.20 Å². The van der Waals surface area contributed by atoms with Crippen LogP contribution < -0.4 is 14.8 Å². The molecule has 1 aliphatic heterocycles. The topological polar surface area (TPSA) is 56.3 Å². The normalized spacial score (nSPS) is 20.0. The van der Waals surface area contributed by atoms with E-state index in [0.29, 0.717) is 23.6 Å². The molecule has 94 valence electrons. The van der Waals surface area contributed by atoms with Crippen molar-refractivity contribution in [3.63, 3.8) is 0 Å². The molecule has 0 spiro atoms. The van der Waals surface area contributed by atoms with Crippen molar-refractivity contribution in [2.75, 3.05) is 20.3 Å². The van der Waals surface area contributed by atoms with Gasteiger partial charge in [0.1, 0.15) is 11.6 Å². The van der Waals surface area contributed by atoms with Crippen molar-refractivity contribution in [3.05, 3.63) is 11.2 Å². The first-order valence-electron chi connectivity index (χ1n) is 5.72. The molecule has 17 heavy (non-hydrogen) atoms. The third-order valence-electron chi connectivity index (χ3n) is 2.71. The summed E-state index contributed by atoms with van der Waals surface area (Å²) in [5.74, 6) is 0.380. The van der Waals surface area contributed by atoms with E-state index in [4.69, 9.17) is 21.1 Å². The molecule has 5 nitrogen and oxygen atoms in total. The van der Waals surface area contributed by atoms with Crippen LogP contribution >= 0.6 is 11.6 Å². The van der Waals surface area contributed by atoms with E-state index in [9.17, 15) is 0 Å². The van der Waals surface area contributed by atoms with Gasteiger partial charge in [-0.3, -0.25) is 0 Å². The molecule has 0 radical (unpaired) electrons. The molecule has 1 N–H and O–H groups in total. The van der Waals surface area contributed by atoms with Gasteiger partial charge >= 0.3 is 6.01 Å². The van der Waals surface area contributed by atoms with Crippen molar-refractivity contribution < 1.29 is 9.47 Å². The number of piperidine rings is 1. The number of halogens is 1. The summed E-state index contributed by atoms with van der Waals surface area (Å²) in [6.45, 7) is 1.62. The molecular weight excluding hydrogens is 242 g/mol. The second-order valence-corrected chi connectivity index (χ2v) is 4.37. The highest BCUT2D eigenvalue weighted by atomic mass is 35.5. The third-order valence-corrected chi connectivity index (χ3v) is 2.97. The lowest BCUT2D eigenvalue weighted by Gasteiger charge is -2.23. The van der Waals surface area contributed by atoms with Crippen LogP contribution in [0.2, 0.25) is 5.02 Å². The highest BCUT2D eigenvalue weighted by Crippen LogP contribution is 2.23. The molecule has 0 amide bonds. The van der Waals surface area contributed by atoms with E-state index >= 15 is 0 Å². The van der Waals surface area contributed by atoms with Crippen LogP contribution in [0, 0.1) is 0 Å². The maximum Gasteiger partial charge on any atom is 0.319 e. The average molecular weight is 258 g/mol. The molecule has 1 fully saturated rings. The first-order valence-corrected chi connectivity index (χ1v) is 6.10. The Kier molecular flexibility index (Phi) is 4.39. The molecule has 1 atom stereocenters. The monoisotopic (exact) mass is 257 g/mol. The van der Waals surface area contributed by atoms with Crippen molar-refractivity contribution in [2.45, 2.75) is 25.3 Å². The first-order chi connectivity index (χ1) is 8.29. The summed E-state index contributed by atoms with van der Waals surface area (Å²) in [5, 5.41) is 3.80. The van der Waals surface area contributed by atoms with Crippen molar-refractivity contribution in [3.8, 4) is 11.9 Å². The highest BCUT2D eigenvalue weighted by Gasteiger charge is 2.15. The van der Waals surface area contributed by atoms with Crippen LogP contribution in [0.5, 0.6) is 11.9 Å². The van der Waals surface area contributed by atoms with Crippen molar-refractivity contribution in [1.82, 2.24) is 15.3 Å². The van der Waals surface area contributed by atoms with Gasteiger partial charge in [0.15, 0.2) is 0 Å². The van der Waals surface area contributed by atoms with Crippen molar-refractivity contribution >= 4 is 11.6 Å². The minimum atomic E-state index is 0.265. The number of methoxy groups -OCH3 is 1. The van der Waals surface area contributed by atoms with Crippen LogP contribution in [0.3, 0.4) is 0 Å². The lowest BCUT2D eigenvalue weighted by atomic mass is 10.1. The quantitative estimate of drug-likeness (QED) is 0.889. The van der Waals surface area contributed by atoms with Gasteiger partial charge in [-0.15, -0.1) is 0 Å². The molecule has 0 aliphatic carbocycles. The second kappa shape index (κ2) is 6.02. The predicted octanol–water partition coefficient (Wildman–Crippen LogP) is 1.66. The van der Waals surface area contributed by atoms with Crippen molar-refractivity contribution in [1.29, 1.82) is 0 Å². The van der Waals surface area contributed by atoms with Gasteiger partial charge in [-0.25, -0.2) is 4.98 Å². The Bertz CT molecular complexity index is 370. The zero-order valence-corrected chi connectivity index (χ0v) is 10.5. The van der Waals surface area contributed by atoms with Crippen molar-refractivity contribution in [2.24, 2.45) is 0 Å². The molecule has 6 heteroatoms. The number of nitrogens with one attached hydrogen (secondary N) is 1. The first kappa shape index (κ1) is 12.4. The van der Waals surface area contributed by atoms with E-state index < -0.39 is 0 Å². The smallest absolute Gasteiger partial charge is 0.319 e.